The third kappa shape index (κ3) is 2.57. The molecule has 0 heterocycles. The molecule has 174 valence electrons. The first kappa shape index (κ1) is 22.1. The lowest BCUT2D eigenvalue weighted by molar-refractivity contribution is -0.233. The summed E-state index contributed by atoms with van der Waals surface area (Å²) in [5.41, 5.74) is 1.17. The number of hydrogen-bond donors (Lipinski definition) is 0. The fourth-order valence-corrected chi connectivity index (χ4v) is 11.2. The number of carbonyl (C=O) groups excluding carboxylic acids is 2. The average Bonchev–Trinajstić information content (AvgIpc) is 3.04. The van der Waals surface area contributed by atoms with Gasteiger partial charge in [-0.05, 0) is 110 Å². The summed E-state index contributed by atoms with van der Waals surface area (Å²) in [4.78, 5) is 25.6. The zero-order valence-electron chi connectivity index (χ0n) is 21.3. The zero-order valence-corrected chi connectivity index (χ0v) is 21.3. The SMILES string of the molecule is CC(=O)[C@@H]1CC[C@]2(C)CC[C@]3(C)[C@@H](CC[C@H]4[C@@]5(C)CCC(=O)C(C)(C)[C@@H]5CC[C@]43C)[C@H]12. The minimum Gasteiger partial charge on any atom is -0.300 e. The normalized spacial score (nSPS) is 55.6. The van der Waals surface area contributed by atoms with Crippen LogP contribution in [0.25, 0.3) is 0 Å². The first-order valence-electron chi connectivity index (χ1n) is 13.3. The van der Waals surface area contributed by atoms with Gasteiger partial charge in [-0.3, -0.25) is 9.59 Å². The molecule has 0 saturated heterocycles. The molecule has 0 aromatic rings. The second kappa shape index (κ2) is 6.47. The van der Waals surface area contributed by atoms with Gasteiger partial charge >= 0.3 is 0 Å². The van der Waals surface area contributed by atoms with Crippen molar-refractivity contribution in [2.45, 2.75) is 113 Å². The van der Waals surface area contributed by atoms with Gasteiger partial charge in [-0.15, -0.1) is 0 Å². The van der Waals surface area contributed by atoms with Crippen molar-refractivity contribution < 1.29 is 9.59 Å². The molecule has 0 aliphatic heterocycles. The van der Waals surface area contributed by atoms with Crippen molar-refractivity contribution >= 4 is 11.6 Å². The Labute approximate surface area is 190 Å². The summed E-state index contributed by atoms with van der Waals surface area (Å²) in [7, 11) is 0. The Kier molecular flexibility index (Phi) is 4.62. The standard InChI is InChI=1S/C29H46O2/c1-18(30)19-10-13-26(4)16-17-28(6)20(24(19)26)8-9-22-27(5)14-12-23(31)25(2,3)21(27)11-15-29(22,28)7/h19-22,24H,8-17H2,1-7H3/t19-,20-,21-,22-,24-,26+,27-,28+,29+/m0/s1. The Morgan fingerprint density at radius 3 is 2.16 bits per heavy atom. The van der Waals surface area contributed by atoms with Crippen molar-refractivity contribution in [1.82, 2.24) is 0 Å². The maximum absolute atomic E-state index is 12.9. The van der Waals surface area contributed by atoms with Crippen molar-refractivity contribution in [3.63, 3.8) is 0 Å². The fourth-order valence-electron chi connectivity index (χ4n) is 11.2. The highest BCUT2D eigenvalue weighted by atomic mass is 16.1. The highest BCUT2D eigenvalue weighted by molar-refractivity contribution is 5.85. The molecular weight excluding hydrogens is 380 g/mol. The number of Topliss-reactive ketones (excluding diaryl/α,β-unsaturated/α-hetero) is 2. The molecule has 0 aromatic carbocycles. The van der Waals surface area contributed by atoms with Gasteiger partial charge in [-0.25, -0.2) is 0 Å². The van der Waals surface area contributed by atoms with E-state index in [1.54, 1.807) is 0 Å². The summed E-state index contributed by atoms with van der Waals surface area (Å²) >= 11 is 0. The lowest BCUT2D eigenvalue weighted by Gasteiger charge is -2.72. The minimum absolute atomic E-state index is 0.164. The summed E-state index contributed by atoms with van der Waals surface area (Å²) in [6, 6.07) is 0. The predicted molar refractivity (Wildman–Crippen MR) is 126 cm³/mol. The van der Waals surface area contributed by atoms with Crippen LogP contribution in [0.1, 0.15) is 113 Å². The maximum atomic E-state index is 12.9. The van der Waals surface area contributed by atoms with Crippen LogP contribution >= 0.6 is 0 Å². The summed E-state index contributed by atoms with van der Waals surface area (Å²) in [6.07, 6.45) is 12.0. The van der Waals surface area contributed by atoms with E-state index in [0.717, 1.165) is 19.3 Å². The Hall–Kier alpha value is -0.660. The van der Waals surface area contributed by atoms with E-state index in [-0.39, 0.29) is 10.8 Å². The molecule has 0 amide bonds. The molecule has 5 aliphatic rings. The van der Waals surface area contributed by atoms with E-state index in [9.17, 15) is 9.59 Å². The molecule has 5 rings (SSSR count). The molecule has 0 unspecified atom stereocenters. The molecule has 2 nitrogen and oxygen atoms in total. The van der Waals surface area contributed by atoms with E-state index in [1.807, 2.05) is 6.92 Å². The number of fused-ring (bicyclic) bond motifs is 7. The molecule has 5 aliphatic carbocycles. The van der Waals surface area contributed by atoms with Crippen molar-refractivity contribution in [2.75, 3.05) is 0 Å². The van der Waals surface area contributed by atoms with Gasteiger partial charge in [0.25, 0.3) is 0 Å². The third-order valence-electron chi connectivity index (χ3n) is 13.1. The van der Waals surface area contributed by atoms with Gasteiger partial charge < -0.3 is 0 Å². The van der Waals surface area contributed by atoms with Crippen LogP contribution < -0.4 is 0 Å². The van der Waals surface area contributed by atoms with Crippen LogP contribution in [0.3, 0.4) is 0 Å². The molecule has 9 atom stereocenters. The van der Waals surface area contributed by atoms with E-state index in [0.29, 0.717) is 57.4 Å². The average molecular weight is 427 g/mol. The first-order chi connectivity index (χ1) is 14.3. The van der Waals surface area contributed by atoms with Gasteiger partial charge in [-0.2, -0.15) is 0 Å². The smallest absolute Gasteiger partial charge is 0.138 e. The van der Waals surface area contributed by atoms with Gasteiger partial charge in [0, 0.05) is 17.8 Å². The fraction of sp³-hybridized carbons (Fsp3) is 0.931. The maximum Gasteiger partial charge on any atom is 0.138 e. The van der Waals surface area contributed by atoms with E-state index in [2.05, 4.69) is 41.5 Å². The second-order valence-corrected chi connectivity index (χ2v) is 14.2. The van der Waals surface area contributed by atoms with E-state index in [1.165, 1.54) is 44.9 Å². The molecule has 0 spiro atoms. The summed E-state index contributed by atoms with van der Waals surface area (Å²) in [5.74, 6) is 3.79. The van der Waals surface area contributed by atoms with Crippen molar-refractivity contribution in [1.29, 1.82) is 0 Å². The number of hydrogen-bond acceptors (Lipinski definition) is 2. The molecular formula is C29H46O2. The molecule has 0 bridgehead atoms. The van der Waals surface area contributed by atoms with Gasteiger partial charge in [0.05, 0.1) is 0 Å². The largest absolute Gasteiger partial charge is 0.300 e. The van der Waals surface area contributed by atoms with Gasteiger partial charge in [0.1, 0.15) is 11.6 Å². The summed E-state index contributed by atoms with van der Waals surface area (Å²) < 4.78 is 0. The van der Waals surface area contributed by atoms with Crippen molar-refractivity contribution in [3.8, 4) is 0 Å². The Balaban J connectivity index is 1.55. The molecule has 2 heteroatoms. The van der Waals surface area contributed by atoms with E-state index in [4.69, 9.17) is 0 Å². The third-order valence-corrected chi connectivity index (χ3v) is 13.1. The van der Waals surface area contributed by atoms with Crippen LogP contribution in [0.4, 0.5) is 0 Å². The van der Waals surface area contributed by atoms with E-state index >= 15 is 0 Å². The minimum atomic E-state index is -0.164. The quantitative estimate of drug-likeness (QED) is 0.442. The lowest BCUT2D eigenvalue weighted by atomic mass is 9.32. The Bertz CT molecular complexity index is 812. The van der Waals surface area contributed by atoms with Crippen LogP contribution in [0, 0.1) is 56.7 Å². The first-order valence-corrected chi connectivity index (χ1v) is 13.3. The number of carbonyl (C=O) groups is 2. The van der Waals surface area contributed by atoms with Crippen LogP contribution in [0.15, 0.2) is 0 Å². The molecule has 0 radical (unpaired) electrons. The lowest BCUT2D eigenvalue weighted by Crippen LogP contribution is -2.66. The molecule has 0 aromatic heterocycles. The molecule has 5 saturated carbocycles. The van der Waals surface area contributed by atoms with Crippen LogP contribution in [0.2, 0.25) is 0 Å². The van der Waals surface area contributed by atoms with Crippen LogP contribution in [0.5, 0.6) is 0 Å². The molecule has 0 N–H and O–H groups in total. The topological polar surface area (TPSA) is 34.1 Å². The molecule has 31 heavy (non-hydrogen) atoms. The van der Waals surface area contributed by atoms with Crippen LogP contribution in [-0.4, -0.2) is 11.6 Å². The van der Waals surface area contributed by atoms with Crippen LogP contribution in [-0.2, 0) is 9.59 Å². The highest BCUT2D eigenvalue weighted by Gasteiger charge is 2.70. The zero-order chi connectivity index (χ0) is 22.6. The Morgan fingerprint density at radius 1 is 0.774 bits per heavy atom. The Morgan fingerprint density at radius 2 is 1.48 bits per heavy atom. The summed E-state index contributed by atoms with van der Waals surface area (Å²) in [6.45, 7) is 16.7. The predicted octanol–water partition coefficient (Wildman–Crippen LogP) is 7.25. The van der Waals surface area contributed by atoms with Crippen molar-refractivity contribution in [3.05, 3.63) is 0 Å². The van der Waals surface area contributed by atoms with E-state index < -0.39 is 0 Å². The number of ketones is 2. The highest BCUT2D eigenvalue weighted by Crippen LogP contribution is 2.77. The second-order valence-electron chi connectivity index (χ2n) is 14.2. The van der Waals surface area contributed by atoms with Gasteiger partial charge in [0.2, 0.25) is 0 Å². The van der Waals surface area contributed by atoms with Crippen molar-refractivity contribution in [2.24, 2.45) is 56.7 Å². The van der Waals surface area contributed by atoms with Gasteiger partial charge in [0.15, 0.2) is 0 Å². The molecule has 5 fully saturated rings. The monoisotopic (exact) mass is 426 g/mol. The summed E-state index contributed by atoms with van der Waals surface area (Å²) in [5, 5.41) is 0. The number of rotatable bonds is 1. The van der Waals surface area contributed by atoms with Gasteiger partial charge in [-0.1, -0.05) is 41.5 Å².